The predicted molar refractivity (Wildman–Crippen MR) is 51.9 cm³/mol. The molecule has 0 radical (unpaired) electrons. The quantitative estimate of drug-likeness (QED) is 0.533. The lowest BCUT2D eigenvalue weighted by Crippen LogP contribution is -2.62. The number of hydrogen-bond donors (Lipinski definition) is 0. The highest BCUT2D eigenvalue weighted by atomic mass is 15.3. The molecular formula is C11H19N. The molecule has 2 fully saturated rings. The Morgan fingerprint density at radius 2 is 2.00 bits per heavy atom. The lowest BCUT2D eigenvalue weighted by atomic mass is 9.66. The van der Waals surface area contributed by atoms with Gasteiger partial charge in [-0.15, -0.1) is 0 Å². The van der Waals surface area contributed by atoms with Crippen LogP contribution in [-0.2, 0) is 0 Å². The molecule has 0 spiro atoms. The van der Waals surface area contributed by atoms with Crippen molar-refractivity contribution in [3.63, 3.8) is 0 Å². The van der Waals surface area contributed by atoms with Crippen molar-refractivity contribution in [1.29, 1.82) is 0 Å². The third-order valence-corrected chi connectivity index (χ3v) is 3.87. The summed E-state index contributed by atoms with van der Waals surface area (Å²) in [5, 5.41) is 0. The van der Waals surface area contributed by atoms with Crippen LogP contribution in [0.1, 0.15) is 40.0 Å². The van der Waals surface area contributed by atoms with E-state index in [2.05, 4.69) is 32.3 Å². The molecule has 0 bridgehead atoms. The van der Waals surface area contributed by atoms with Gasteiger partial charge in [0, 0.05) is 17.8 Å². The molecule has 0 amide bonds. The Morgan fingerprint density at radius 3 is 2.25 bits per heavy atom. The van der Waals surface area contributed by atoms with Crippen LogP contribution in [0.4, 0.5) is 0 Å². The lowest BCUT2D eigenvalue weighted by Gasteiger charge is -2.57. The summed E-state index contributed by atoms with van der Waals surface area (Å²) in [6.07, 6.45) is 3.92. The third-order valence-electron chi connectivity index (χ3n) is 3.87. The first-order valence-corrected chi connectivity index (χ1v) is 4.93. The number of fused-ring (bicyclic) bond motifs is 1. The molecule has 1 nitrogen and oxygen atoms in total. The average molecular weight is 165 g/mol. The van der Waals surface area contributed by atoms with Crippen molar-refractivity contribution < 1.29 is 0 Å². The van der Waals surface area contributed by atoms with Crippen LogP contribution in [0.15, 0.2) is 12.3 Å². The summed E-state index contributed by atoms with van der Waals surface area (Å²) >= 11 is 0. The summed E-state index contributed by atoms with van der Waals surface area (Å²) in [6.45, 7) is 12.4. The van der Waals surface area contributed by atoms with Crippen molar-refractivity contribution in [2.24, 2.45) is 5.41 Å². The van der Waals surface area contributed by atoms with E-state index >= 15 is 0 Å². The zero-order chi connectivity index (χ0) is 8.98. The van der Waals surface area contributed by atoms with E-state index in [1.165, 1.54) is 31.5 Å². The Kier molecular flexibility index (Phi) is 1.40. The lowest BCUT2D eigenvalue weighted by molar-refractivity contribution is -0.0431. The van der Waals surface area contributed by atoms with Crippen LogP contribution in [0.3, 0.4) is 0 Å². The molecule has 0 aromatic heterocycles. The Labute approximate surface area is 75.4 Å². The van der Waals surface area contributed by atoms with E-state index in [4.69, 9.17) is 0 Å². The zero-order valence-corrected chi connectivity index (χ0v) is 8.48. The van der Waals surface area contributed by atoms with Crippen molar-refractivity contribution in [3.8, 4) is 0 Å². The van der Waals surface area contributed by atoms with E-state index in [1.807, 2.05) is 0 Å². The third kappa shape index (κ3) is 0.746. The first-order chi connectivity index (χ1) is 5.47. The second kappa shape index (κ2) is 2.07. The van der Waals surface area contributed by atoms with Gasteiger partial charge >= 0.3 is 0 Å². The SMILES string of the molecule is C=C1CCC2(C(C)(C)C)CCN12. The monoisotopic (exact) mass is 165 g/mol. The van der Waals surface area contributed by atoms with Crippen LogP contribution < -0.4 is 0 Å². The number of allylic oxidation sites excluding steroid dienone is 1. The predicted octanol–water partition coefficient (Wildman–Crippen LogP) is 2.78. The molecule has 2 aliphatic rings. The fourth-order valence-electron chi connectivity index (χ4n) is 2.86. The molecule has 0 aromatic rings. The highest BCUT2D eigenvalue weighted by Gasteiger charge is 2.55. The fraction of sp³-hybridized carbons (Fsp3) is 0.818. The molecule has 2 saturated heterocycles. The molecule has 2 rings (SSSR count). The summed E-state index contributed by atoms with van der Waals surface area (Å²) in [6, 6.07) is 0. The first kappa shape index (κ1) is 8.15. The summed E-state index contributed by atoms with van der Waals surface area (Å²) in [5.41, 5.74) is 2.27. The minimum absolute atomic E-state index is 0.421. The van der Waals surface area contributed by atoms with E-state index in [0.717, 1.165) is 0 Å². The van der Waals surface area contributed by atoms with Crippen LogP contribution in [0, 0.1) is 5.41 Å². The summed E-state index contributed by atoms with van der Waals surface area (Å²) in [4.78, 5) is 2.53. The van der Waals surface area contributed by atoms with Crippen LogP contribution in [0.5, 0.6) is 0 Å². The number of hydrogen-bond acceptors (Lipinski definition) is 1. The summed E-state index contributed by atoms with van der Waals surface area (Å²) < 4.78 is 0. The molecule has 1 heteroatoms. The number of nitrogens with zero attached hydrogens (tertiary/aromatic N) is 1. The molecule has 0 aliphatic carbocycles. The maximum atomic E-state index is 4.12. The smallest absolute Gasteiger partial charge is 0.0467 e. The van der Waals surface area contributed by atoms with Gasteiger partial charge in [-0.3, -0.25) is 0 Å². The van der Waals surface area contributed by atoms with Gasteiger partial charge in [-0.05, 0) is 24.7 Å². The highest BCUT2D eigenvalue weighted by molar-refractivity contribution is 5.21. The standard InChI is InChI=1S/C11H19N/c1-9-5-6-11(10(2,3)4)7-8-12(9)11/h1,5-8H2,2-4H3. The fourth-order valence-corrected chi connectivity index (χ4v) is 2.86. The Balaban J connectivity index is 2.29. The van der Waals surface area contributed by atoms with Crippen molar-refractivity contribution in [2.75, 3.05) is 6.54 Å². The Morgan fingerprint density at radius 1 is 1.33 bits per heavy atom. The minimum Gasteiger partial charge on any atom is -0.369 e. The molecule has 0 N–H and O–H groups in total. The minimum atomic E-state index is 0.421. The average Bonchev–Trinajstić information content (AvgIpc) is 2.01. The van der Waals surface area contributed by atoms with Crippen LogP contribution in [-0.4, -0.2) is 17.0 Å². The molecule has 2 aliphatic heterocycles. The van der Waals surface area contributed by atoms with E-state index in [9.17, 15) is 0 Å². The van der Waals surface area contributed by atoms with E-state index in [-0.39, 0.29) is 0 Å². The first-order valence-electron chi connectivity index (χ1n) is 4.93. The zero-order valence-electron chi connectivity index (χ0n) is 8.48. The molecule has 68 valence electrons. The van der Waals surface area contributed by atoms with Gasteiger partial charge in [-0.2, -0.15) is 0 Å². The molecule has 0 aromatic carbocycles. The van der Waals surface area contributed by atoms with Gasteiger partial charge in [-0.1, -0.05) is 27.4 Å². The molecule has 12 heavy (non-hydrogen) atoms. The van der Waals surface area contributed by atoms with E-state index < -0.39 is 0 Å². The molecule has 2 heterocycles. The summed E-state index contributed by atoms with van der Waals surface area (Å²) in [5.74, 6) is 0. The van der Waals surface area contributed by atoms with Crippen LogP contribution >= 0.6 is 0 Å². The van der Waals surface area contributed by atoms with Gasteiger partial charge in [0.05, 0.1) is 0 Å². The van der Waals surface area contributed by atoms with E-state index in [0.29, 0.717) is 11.0 Å². The van der Waals surface area contributed by atoms with Crippen LogP contribution in [0.25, 0.3) is 0 Å². The van der Waals surface area contributed by atoms with Crippen LogP contribution in [0.2, 0.25) is 0 Å². The van der Waals surface area contributed by atoms with Crippen molar-refractivity contribution in [1.82, 2.24) is 4.90 Å². The Bertz CT molecular complexity index is 224. The Hall–Kier alpha value is -0.460. The van der Waals surface area contributed by atoms with Crippen molar-refractivity contribution in [2.45, 2.75) is 45.6 Å². The molecule has 1 atom stereocenters. The van der Waals surface area contributed by atoms with Crippen molar-refractivity contribution in [3.05, 3.63) is 12.3 Å². The normalized spacial score (nSPS) is 34.9. The number of rotatable bonds is 0. The van der Waals surface area contributed by atoms with Gasteiger partial charge < -0.3 is 4.90 Å². The second-order valence-electron chi connectivity index (χ2n) is 5.25. The maximum Gasteiger partial charge on any atom is 0.0467 e. The highest BCUT2D eigenvalue weighted by Crippen LogP contribution is 2.54. The van der Waals surface area contributed by atoms with E-state index in [1.54, 1.807) is 0 Å². The topological polar surface area (TPSA) is 3.24 Å². The maximum absolute atomic E-state index is 4.12. The van der Waals surface area contributed by atoms with Gasteiger partial charge in [0.15, 0.2) is 0 Å². The molecule has 1 unspecified atom stereocenters. The van der Waals surface area contributed by atoms with Gasteiger partial charge in [0.25, 0.3) is 0 Å². The largest absolute Gasteiger partial charge is 0.369 e. The van der Waals surface area contributed by atoms with Gasteiger partial charge in [0.2, 0.25) is 0 Å². The second-order valence-corrected chi connectivity index (χ2v) is 5.25. The molecular weight excluding hydrogens is 146 g/mol. The van der Waals surface area contributed by atoms with Gasteiger partial charge in [-0.25, -0.2) is 0 Å². The van der Waals surface area contributed by atoms with Gasteiger partial charge in [0.1, 0.15) is 0 Å². The molecule has 0 saturated carbocycles. The summed E-state index contributed by atoms with van der Waals surface area (Å²) in [7, 11) is 0. The van der Waals surface area contributed by atoms with Crippen molar-refractivity contribution >= 4 is 0 Å².